The molecule has 0 radical (unpaired) electrons. The van der Waals surface area contributed by atoms with Crippen LogP contribution in [-0.4, -0.2) is 43.5 Å². The molecule has 1 aromatic heterocycles. The van der Waals surface area contributed by atoms with Crippen molar-refractivity contribution < 1.29 is 17.9 Å². The predicted octanol–water partition coefficient (Wildman–Crippen LogP) is 2.59. The monoisotopic (exact) mass is 437 g/mol. The second-order valence-electron chi connectivity index (χ2n) is 6.66. The van der Waals surface area contributed by atoms with Crippen LogP contribution in [0.1, 0.15) is 25.8 Å². The van der Waals surface area contributed by atoms with E-state index < -0.39 is 16.1 Å². The maximum absolute atomic E-state index is 12.7. The van der Waals surface area contributed by atoms with Crippen LogP contribution in [0.3, 0.4) is 0 Å². The summed E-state index contributed by atoms with van der Waals surface area (Å²) in [4.78, 5) is 17.0. The molecule has 9 heteroatoms. The lowest BCUT2D eigenvalue weighted by Crippen LogP contribution is -2.46. The number of carbonyl (C=O) groups is 1. The highest BCUT2D eigenvalue weighted by molar-refractivity contribution is 7.98. The van der Waals surface area contributed by atoms with Crippen molar-refractivity contribution in [2.45, 2.75) is 43.9 Å². The zero-order valence-electron chi connectivity index (χ0n) is 16.8. The van der Waals surface area contributed by atoms with E-state index in [0.717, 1.165) is 5.56 Å². The summed E-state index contributed by atoms with van der Waals surface area (Å²) < 4.78 is 33.2. The van der Waals surface area contributed by atoms with Gasteiger partial charge in [0.1, 0.15) is 6.04 Å². The van der Waals surface area contributed by atoms with Crippen molar-refractivity contribution in [3.8, 4) is 5.88 Å². The van der Waals surface area contributed by atoms with Gasteiger partial charge >= 0.3 is 0 Å². The summed E-state index contributed by atoms with van der Waals surface area (Å²) in [5.41, 5.74) is 0.795. The highest BCUT2D eigenvalue weighted by atomic mass is 32.2. The third-order valence-corrected chi connectivity index (χ3v) is 6.03. The fourth-order valence-electron chi connectivity index (χ4n) is 2.47. The minimum atomic E-state index is -3.78. The van der Waals surface area contributed by atoms with Gasteiger partial charge in [-0.05, 0) is 50.0 Å². The maximum atomic E-state index is 12.7. The molecule has 0 aliphatic rings. The van der Waals surface area contributed by atoms with Crippen LogP contribution in [0.15, 0.2) is 53.6 Å². The van der Waals surface area contributed by atoms with E-state index in [1.54, 1.807) is 42.2 Å². The molecule has 0 aliphatic carbocycles. The standard InChI is InChI=1S/C20H27N3O4S2/c1-15(2)27-19-10-9-16(13-21-19)14-22-20(24)18(11-12-28-3)23-29(25,26)17-7-5-4-6-8-17/h4-10,13,15,18,23H,11-12,14H2,1-3H3,(H,22,24). The van der Waals surface area contributed by atoms with Gasteiger partial charge in [0.15, 0.2) is 0 Å². The van der Waals surface area contributed by atoms with Crippen molar-refractivity contribution >= 4 is 27.7 Å². The van der Waals surface area contributed by atoms with E-state index in [9.17, 15) is 13.2 Å². The Morgan fingerprint density at radius 1 is 1.17 bits per heavy atom. The number of nitrogens with one attached hydrogen (secondary N) is 2. The van der Waals surface area contributed by atoms with Gasteiger partial charge in [-0.2, -0.15) is 16.5 Å². The Labute approximate surface area is 176 Å². The number of aromatic nitrogens is 1. The molecule has 0 aliphatic heterocycles. The number of ether oxygens (including phenoxy) is 1. The Morgan fingerprint density at radius 3 is 2.48 bits per heavy atom. The second kappa shape index (κ2) is 11.2. The van der Waals surface area contributed by atoms with Crippen LogP contribution in [-0.2, 0) is 21.4 Å². The molecular weight excluding hydrogens is 410 g/mol. The van der Waals surface area contributed by atoms with E-state index >= 15 is 0 Å². The number of hydrogen-bond donors (Lipinski definition) is 2. The molecule has 1 heterocycles. The van der Waals surface area contributed by atoms with Crippen LogP contribution in [0.2, 0.25) is 0 Å². The molecule has 0 saturated carbocycles. The molecule has 2 rings (SSSR count). The maximum Gasteiger partial charge on any atom is 0.241 e. The minimum absolute atomic E-state index is 0.0304. The van der Waals surface area contributed by atoms with Crippen LogP contribution in [0, 0.1) is 0 Å². The largest absolute Gasteiger partial charge is 0.475 e. The fraction of sp³-hybridized carbons (Fsp3) is 0.400. The van der Waals surface area contributed by atoms with Crippen molar-refractivity contribution in [1.82, 2.24) is 15.0 Å². The number of amides is 1. The second-order valence-corrected chi connectivity index (χ2v) is 9.36. The van der Waals surface area contributed by atoms with Crippen LogP contribution < -0.4 is 14.8 Å². The quantitative estimate of drug-likeness (QED) is 0.561. The molecule has 2 N–H and O–H groups in total. The smallest absolute Gasteiger partial charge is 0.241 e. The zero-order valence-corrected chi connectivity index (χ0v) is 18.4. The molecule has 1 aromatic carbocycles. The van der Waals surface area contributed by atoms with Crippen LogP contribution in [0.5, 0.6) is 5.88 Å². The van der Waals surface area contributed by atoms with Crippen molar-refractivity contribution in [1.29, 1.82) is 0 Å². The molecule has 29 heavy (non-hydrogen) atoms. The molecule has 1 amide bonds. The summed E-state index contributed by atoms with van der Waals surface area (Å²) in [6.45, 7) is 4.08. The first-order chi connectivity index (χ1) is 13.8. The van der Waals surface area contributed by atoms with Crippen molar-refractivity contribution in [3.05, 3.63) is 54.2 Å². The van der Waals surface area contributed by atoms with Gasteiger partial charge in [-0.1, -0.05) is 24.3 Å². The van der Waals surface area contributed by atoms with Crippen molar-refractivity contribution in [2.24, 2.45) is 0 Å². The lowest BCUT2D eigenvalue weighted by atomic mass is 10.2. The number of thioether (sulfide) groups is 1. The molecular formula is C20H27N3O4S2. The first kappa shape index (κ1) is 23.2. The molecule has 158 valence electrons. The van der Waals surface area contributed by atoms with E-state index in [0.29, 0.717) is 18.1 Å². The number of pyridine rings is 1. The van der Waals surface area contributed by atoms with Crippen molar-refractivity contribution in [2.75, 3.05) is 12.0 Å². The number of benzene rings is 1. The molecule has 0 bridgehead atoms. The number of nitrogens with zero attached hydrogens (tertiary/aromatic N) is 1. The van der Waals surface area contributed by atoms with Gasteiger partial charge in [0.25, 0.3) is 0 Å². The zero-order chi connectivity index (χ0) is 21.3. The number of rotatable bonds is 11. The molecule has 0 fully saturated rings. The molecule has 1 unspecified atom stereocenters. The highest BCUT2D eigenvalue weighted by Crippen LogP contribution is 2.12. The van der Waals surface area contributed by atoms with Crippen LogP contribution in [0.25, 0.3) is 0 Å². The van der Waals surface area contributed by atoms with Gasteiger partial charge in [-0.25, -0.2) is 13.4 Å². The summed E-state index contributed by atoms with van der Waals surface area (Å²) in [7, 11) is -3.78. The topological polar surface area (TPSA) is 97.4 Å². The van der Waals surface area contributed by atoms with Gasteiger partial charge in [-0.3, -0.25) is 4.79 Å². The van der Waals surface area contributed by atoms with Crippen LogP contribution in [0.4, 0.5) is 0 Å². The Kier molecular flexibility index (Phi) is 8.94. The lowest BCUT2D eigenvalue weighted by Gasteiger charge is -2.18. The summed E-state index contributed by atoms with van der Waals surface area (Å²) in [6.07, 6.45) is 3.96. The Morgan fingerprint density at radius 2 is 1.90 bits per heavy atom. The van der Waals surface area contributed by atoms with E-state index in [1.807, 2.05) is 26.2 Å². The summed E-state index contributed by atoms with van der Waals surface area (Å²) in [5, 5.41) is 2.79. The average molecular weight is 438 g/mol. The Hall–Kier alpha value is -2.10. The Balaban J connectivity index is 2.01. The summed E-state index contributed by atoms with van der Waals surface area (Å²) in [5.74, 6) is 0.794. The molecule has 0 saturated heterocycles. The number of sulfonamides is 1. The van der Waals surface area contributed by atoms with Crippen LogP contribution >= 0.6 is 11.8 Å². The molecule has 2 aromatic rings. The van der Waals surface area contributed by atoms with E-state index in [2.05, 4.69) is 15.0 Å². The van der Waals surface area contributed by atoms with Gasteiger partial charge in [-0.15, -0.1) is 0 Å². The average Bonchev–Trinajstić information content (AvgIpc) is 2.70. The van der Waals surface area contributed by atoms with Crippen molar-refractivity contribution in [3.63, 3.8) is 0 Å². The third kappa shape index (κ3) is 7.68. The summed E-state index contributed by atoms with van der Waals surface area (Å²) >= 11 is 1.55. The highest BCUT2D eigenvalue weighted by Gasteiger charge is 2.25. The third-order valence-electron chi connectivity index (χ3n) is 3.90. The van der Waals surface area contributed by atoms with Gasteiger partial charge in [0.05, 0.1) is 11.0 Å². The first-order valence-electron chi connectivity index (χ1n) is 9.27. The minimum Gasteiger partial charge on any atom is -0.475 e. The molecule has 1 atom stereocenters. The normalized spacial score (nSPS) is 12.6. The fourth-order valence-corrected chi connectivity index (χ4v) is 4.20. The lowest BCUT2D eigenvalue weighted by molar-refractivity contribution is -0.122. The molecule has 7 nitrogen and oxygen atoms in total. The van der Waals surface area contributed by atoms with E-state index in [4.69, 9.17) is 4.74 Å². The summed E-state index contributed by atoms with van der Waals surface area (Å²) in [6, 6.07) is 10.7. The van der Waals surface area contributed by atoms with Gasteiger partial charge in [0, 0.05) is 18.8 Å². The number of carbonyl (C=O) groups excluding carboxylic acids is 1. The van der Waals surface area contributed by atoms with Gasteiger partial charge in [0.2, 0.25) is 21.8 Å². The predicted molar refractivity (Wildman–Crippen MR) is 115 cm³/mol. The van der Waals surface area contributed by atoms with Gasteiger partial charge < -0.3 is 10.1 Å². The number of hydrogen-bond acceptors (Lipinski definition) is 6. The van der Waals surface area contributed by atoms with E-state index in [-0.39, 0.29) is 23.5 Å². The molecule has 0 spiro atoms. The first-order valence-corrected chi connectivity index (χ1v) is 12.1. The SMILES string of the molecule is CSCCC(NS(=O)(=O)c1ccccc1)C(=O)NCc1ccc(OC(C)C)nc1. The Bertz CT molecular complexity index is 872. The van der Waals surface area contributed by atoms with E-state index in [1.165, 1.54) is 12.1 Å².